The van der Waals surface area contributed by atoms with Gasteiger partial charge in [-0.25, -0.2) is 0 Å². The van der Waals surface area contributed by atoms with Crippen molar-refractivity contribution in [2.24, 2.45) is 5.73 Å². The van der Waals surface area contributed by atoms with Crippen molar-refractivity contribution in [3.63, 3.8) is 0 Å². The molecule has 0 aliphatic rings. The van der Waals surface area contributed by atoms with E-state index >= 15 is 0 Å². The summed E-state index contributed by atoms with van der Waals surface area (Å²) in [6.07, 6.45) is 1.68. The van der Waals surface area contributed by atoms with Gasteiger partial charge < -0.3 is 5.73 Å². The molecule has 0 saturated carbocycles. The molecule has 2 N–H and O–H groups in total. The first kappa shape index (κ1) is 15.0. The quantitative estimate of drug-likeness (QED) is 0.752. The number of amides is 1. The van der Waals surface area contributed by atoms with Crippen LogP contribution < -0.4 is 5.73 Å². The molecule has 2 nitrogen and oxygen atoms in total. The van der Waals surface area contributed by atoms with E-state index in [0.717, 1.165) is 18.4 Å². The Morgan fingerprint density at radius 3 is 2.22 bits per heavy atom. The van der Waals surface area contributed by atoms with E-state index in [-0.39, 0.29) is 5.91 Å². The van der Waals surface area contributed by atoms with Crippen LogP contribution in [0.25, 0.3) is 11.1 Å². The zero-order valence-electron chi connectivity index (χ0n) is 12.9. The van der Waals surface area contributed by atoms with Crippen molar-refractivity contribution in [1.29, 1.82) is 0 Å². The summed E-state index contributed by atoms with van der Waals surface area (Å²) in [6, 6.07) is 26.4. The highest BCUT2D eigenvalue weighted by Crippen LogP contribution is 2.21. The molecule has 114 valence electrons. The van der Waals surface area contributed by atoms with Gasteiger partial charge in [-0.2, -0.15) is 0 Å². The molecule has 0 radical (unpaired) electrons. The maximum absolute atomic E-state index is 11.5. The maximum Gasteiger partial charge on any atom is 0.248 e. The third kappa shape index (κ3) is 3.67. The topological polar surface area (TPSA) is 43.1 Å². The average molecular weight is 301 g/mol. The molecule has 3 aromatic carbocycles. The fourth-order valence-corrected chi connectivity index (χ4v) is 2.79. The Balaban J connectivity index is 1.78. The number of benzene rings is 3. The average Bonchev–Trinajstić information content (AvgIpc) is 2.61. The second-order valence-corrected chi connectivity index (χ2v) is 5.59. The number of carbonyl (C=O) groups excluding carboxylic acids is 1. The summed E-state index contributed by atoms with van der Waals surface area (Å²) in [7, 11) is 0. The van der Waals surface area contributed by atoms with Crippen molar-refractivity contribution in [2.75, 3.05) is 0 Å². The number of rotatable bonds is 5. The third-order valence-corrected chi connectivity index (χ3v) is 4.00. The molecule has 0 aliphatic heterocycles. The Kier molecular flexibility index (Phi) is 4.53. The first-order valence-corrected chi connectivity index (χ1v) is 7.76. The molecule has 0 bridgehead atoms. The SMILES string of the molecule is NC(=O)c1ccccc1CCc1cccc(-c2ccccc2)c1. The van der Waals surface area contributed by atoms with E-state index in [0.29, 0.717) is 5.56 Å². The number of nitrogens with two attached hydrogens (primary N) is 1. The molecule has 0 fully saturated rings. The van der Waals surface area contributed by atoms with Crippen LogP contribution in [0.15, 0.2) is 78.9 Å². The fraction of sp³-hybridized carbons (Fsp3) is 0.0952. The fourth-order valence-electron chi connectivity index (χ4n) is 2.79. The molecule has 2 heteroatoms. The van der Waals surface area contributed by atoms with Gasteiger partial charge in [-0.1, -0.05) is 72.8 Å². The van der Waals surface area contributed by atoms with Gasteiger partial charge in [0.1, 0.15) is 0 Å². The summed E-state index contributed by atoms with van der Waals surface area (Å²) in [5.74, 6) is -0.362. The third-order valence-electron chi connectivity index (χ3n) is 4.00. The number of aryl methyl sites for hydroxylation is 2. The van der Waals surface area contributed by atoms with Crippen LogP contribution >= 0.6 is 0 Å². The molecule has 0 spiro atoms. The molecule has 0 unspecified atom stereocenters. The molecule has 0 aromatic heterocycles. The van der Waals surface area contributed by atoms with Gasteiger partial charge in [0.15, 0.2) is 0 Å². The van der Waals surface area contributed by atoms with Crippen LogP contribution in [0.1, 0.15) is 21.5 Å². The van der Waals surface area contributed by atoms with Gasteiger partial charge in [0.25, 0.3) is 0 Å². The van der Waals surface area contributed by atoms with E-state index in [9.17, 15) is 4.79 Å². The minimum Gasteiger partial charge on any atom is -0.366 e. The molecule has 1 amide bonds. The van der Waals surface area contributed by atoms with Crippen molar-refractivity contribution in [3.05, 3.63) is 95.6 Å². The van der Waals surface area contributed by atoms with Crippen LogP contribution in [-0.4, -0.2) is 5.91 Å². The molecule has 3 rings (SSSR count). The first-order chi connectivity index (χ1) is 11.2. The minimum absolute atomic E-state index is 0.362. The predicted octanol–water partition coefficient (Wildman–Crippen LogP) is 4.24. The summed E-state index contributed by atoms with van der Waals surface area (Å²) in [4.78, 5) is 11.5. The van der Waals surface area contributed by atoms with E-state index < -0.39 is 0 Å². The molecular formula is C21H19NO. The Morgan fingerprint density at radius 1 is 0.739 bits per heavy atom. The molecule has 0 saturated heterocycles. The monoisotopic (exact) mass is 301 g/mol. The standard InChI is InChI=1S/C21H19NO/c22-21(23)20-12-5-4-10-18(20)14-13-16-7-6-11-19(15-16)17-8-2-1-3-9-17/h1-12,15H,13-14H2,(H2,22,23). The smallest absolute Gasteiger partial charge is 0.248 e. The minimum atomic E-state index is -0.362. The zero-order valence-corrected chi connectivity index (χ0v) is 12.9. The van der Waals surface area contributed by atoms with Gasteiger partial charge >= 0.3 is 0 Å². The van der Waals surface area contributed by atoms with Gasteiger partial charge in [-0.05, 0) is 41.2 Å². The second kappa shape index (κ2) is 6.93. The highest BCUT2D eigenvalue weighted by Gasteiger charge is 2.07. The summed E-state index contributed by atoms with van der Waals surface area (Å²) in [5.41, 5.74) is 10.8. The Labute approximate surface area is 136 Å². The van der Waals surface area contributed by atoms with Crippen LogP contribution in [0.5, 0.6) is 0 Å². The lowest BCUT2D eigenvalue weighted by Crippen LogP contribution is -2.13. The van der Waals surface area contributed by atoms with Gasteiger partial charge in [0.2, 0.25) is 5.91 Å². The molecular weight excluding hydrogens is 282 g/mol. The van der Waals surface area contributed by atoms with Crippen molar-refractivity contribution < 1.29 is 4.79 Å². The molecule has 0 heterocycles. The maximum atomic E-state index is 11.5. The zero-order chi connectivity index (χ0) is 16.1. The predicted molar refractivity (Wildman–Crippen MR) is 94.2 cm³/mol. The summed E-state index contributed by atoms with van der Waals surface area (Å²) < 4.78 is 0. The van der Waals surface area contributed by atoms with Crippen LogP contribution in [0.4, 0.5) is 0 Å². The lowest BCUT2D eigenvalue weighted by atomic mass is 9.97. The Bertz CT molecular complexity index is 809. The number of primary amides is 1. The Hall–Kier alpha value is -2.87. The summed E-state index contributed by atoms with van der Waals surface area (Å²) in [6.45, 7) is 0. The highest BCUT2D eigenvalue weighted by molar-refractivity contribution is 5.94. The van der Waals surface area contributed by atoms with Gasteiger partial charge in [-0.3, -0.25) is 4.79 Å². The van der Waals surface area contributed by atoms with Crippen LogP contribution in [0.2, 0.25) is 0 Å². The van der Waals surface area contributed by atoms with Gasteiger partial charge in [-0.15, -0.1) is 0 Å². The molecule has 0 aliphatic carbocycles. The summed E-state index contributed by atoms with van der Waals surface area (Å²) >= 11 is 0. The van der Waals surface area contributed by atoms with Crippen molar-refractivity contribution in [2.45, 2.75) is 12.8 Å². The molecule has 23 heavy (non-hydrogen) atoms. The summed E-state index contributed by atoms with van der Waals surface area (Å²) in [5, 5.41) is 0. The van der Waals surface area contributed by atoms with Crippen molar-refractivity contribution in [1.82, 2.24) is 0 Å². The van der Waals surface area contributed by atoms with E-state index in [2.05, 4.69) is 36.4 Å². The van der Waals surface area contributed by atoms with Crippen molar-refractivity contribution in [3.8, 4) is 11.1 Å². The van der Waals surface area contributed by atoms with Gasteiger partial charge in [0.05, 0.1) is 0 Å². The highest BCUT2D eigenvalue weighted by atomic mass is 16.1. The lowest BCUT2D eigenvalue weighted by Gasteiger charge is -2.08. The molecule has 3 aromatic rings. The van der Waals surface area contributed by atoms with Crippen molar-refractivity contribution >= 4 is 5.91 Å². The van der Waals surface area contributed by atoms with Crippen LogP contribution in [0.3, 0.4) is 0 Å². The van der Waals surface area contributed by atoms with E-state index in [4.69, 9.17) is 5.73 Å². The van der Waals surface area contributed by atoms with Crippen LogP contribution in [0, 0.1) is 0 Å². The Morgan fingerprint density at radius 2 is 1.43 bits per heavy atom. The largest absolute Gasteiger partial charge is 0.366 e. The van der Waals surface area contributed by atoms with Gasteiger partial charge in [0, 0.05) is 5.56 Å². The number of carbonyl (C=O) groups is 1. The second-order valence-electron chi connectivity index (χ2n) is 5.59. The van der Waals surface area contributed by atoms with Crippen LogP contribution in [-0.2, 0) is 12.8 Å². The number of hydrogen-bond acceptors (Lipinski definition) is 1. The van der Waals surface area contributed by atoms with E-state index in [1.807, 2.05) is 36.4 Å². The normalized spacial score (nSPS) is 10.4. The van der Waals surface area contributed by atoms with E-state index in [1.54, 1.807) is 6.07 Å². The number of hydrogen-bond donors (Lipinski definition) is 1. The molecule has 0 atom stereocenters. The van der Waals surface area contributed by atoms with E-state index in [1.165, 1.54) is 16.7 Å². The first-order valence-electron chi connectivity index (χ1n) is 7.76. The lowest BCUT2D eigenvalue weighted by molar-refractivity contribution is 0.0999.